The summed E-state index contributed by atoms with van der Waals surface area (Å²) in [6.45, 7) is 2.05. The average molecular weight is 481 g/mol. The van der Waals surface area contributed by atoms with Gasteiger partial charge in [-0.05, 0) is 36.2 Å². The first kappa shape index (κ1) is 23.3. The van der Waals surface area contributed by atoms with Gasteiger partial charge in [0.1, 0.15) is 12.4 Å². The Bertz CT molecular complexity index is 1500. The molecule has 0 atom stereocenters. The molecular weight excluding hydrogens is 456 g/mol. The van der Waals surface area contributed by atoms with Crippen molar-refractivity contribution >= 4 is 34.4 Å². The fourth-order valence-electron chi connectivity index (χ4n) is 3.62. The molecule has 0 aliphatic heterocycles. The summed E-state index contributed by atoms with van der Waals surface area (Å²) in [6, 6.07) is 15.6. The van der Waals surface area contributed by atoms with Crippen LogP contribution in [0.5, 0.6) is 5.75 Å². The number of hydrogen-bond acceptors (Lipinski definition) is 6. The van der Waals surface area contributed by atoms with E-state index in [-0.39, 0.29) is 12.3 Å². The first-order chi connectivity index (χ1) is 16.3. The van der Waals surface area contributed by atoms with Crippen LogP contribution in [-0.2, 0) is 27.6 Å². The molecule has 2 heterocycles. The number of imidazole rings is 1. The zero-order valence-corrected chi connectivity index (χ0v) is 20.1. The van der Waals surface area contributed by atoms with Crippen molar-refractivity contribution in [1.82, 2.24) is 18.7 Å². The summed E-state index contributed by atoms with van der Waals surface area (Å²) in [7, 11) is 4.70. The van der Waals surface area contributed by atoms with E-state index in [1.165, 1.54) is 11.6 Å². The van der Waals surface area contributed by atoms with Crippen LogP contribution in [0, 0.1) is 0 Å². The molecule has 176 valence electrons. The van der Waals surface area contributed by atoms with E-state index in [1.54, 1.807) is 24.7 Å². The number of nitrogens with zero attached hydrogens (tertiary/aromatic N) is 5. The third-order valence-corrected chi connectivity index (χ3v) is 5.75. The molecule has 0 bridgehead atoms. The highest BCUT2D eigenvalue weighted by Gasteiger charge is 2.16. The predicted octanol–water partition coefficient (Wildman–Crippen LogP) is 3.08. The topological polar surface area (TPSA) is 95.4 Å². The van der Waals surface area contributed by atoms with E-state index in [1.807, 2.05) is 37.3 Å². The van der Waals surface area contributed by atoms with E-state index in [9.17, 15) is 9.59 Å². The van der Waals surface area contributed by atoms with Crippen molar-refractivity contribution in [1.29, 1.82) is 0 Å². The second kappa shape index (κ2) is 9.56. The maximum atomic E-state index is 12.5. The van der Waals surface area contributed by atoms with E-state index < -0.39 is 11.2 Å². The second-order valence-corrected chi connectivity index (χ2v) is 8.47. The first-order valence-corrected chi connectivity index (χ1v) is 11.0. The lowest BCUT2D eigenvalue weighted by atomic mass is 10.0. The summed E-state index contributed by atoms with van der Waals surface area (Å²) in [5.41, 5.74) is 5.40. The van der Waals surface area contributed by atoms with Gasteiger partial charge in [0.25, 0.3) is 5.56 Å². The molecule has 4 rings (SSSR count). The monoisotopic (exact) mass is 480 g/mol. The number of ether oxygens (including phenoxy) is 1. The van der Waals surface area contributed by atoms with Crippen LogP contribution < -0.4 is 21.4 Å². The Morgan fingerprint density at radius 1 is 1.06 bits per heavy atom. The Morgan fingerprint density at radius 3 is 2.53 bits per heavy atom. The van der Waals surface area contributed by atoms with Crippen molar-refractivity contribution < 1.29 is 4.74 Å². The number of aryl methyl sites for hydroxylation is 2. The van der Waals surface area contributed by atoms with Crippen LogP contribution in [0.1, 0.15) is 18.1 Å². The van der Waals surface area contributed by atoms with Crippen molar-refractivity contribution in [2.24, 2.45) is 26.2 Å². The van der Waals surface area contributed by atoms with Gasteiger partial charge in [-0.25, -0.2) is 10.2 Å². The fourth-order valence-corrected chi connectivity index (χ4v) is 3.82. The molecule has 0 amide bonds. The maximum absolute atomic E-state index is 12.5. The van der Waals surface area contributed by atoms with E-state index in [0.717, 1.165) is 21.4 Å². The normalized spacial score (nSPS) is 11.7. The number of hydrazone groups is 1. The van der Waals surface area contributed by atoms with Crippen molar-refractivity contribution in [3.8, 4) is 5.75 Å². The zero-order chi connectivity index (χ0) is 24.4. The van der Waals surface area contributed by atoms with Gasteiger partial charge in [-0.2, -0.15) is 10.1 Å². The molecule has 2 aromatic heterocycles. The molecular formula is C24H25ClN6O3. The van der Waals surface area contributed by atoms with Crippen LogP contribution in [0.4, 0.5) is 5.95 Å². The molecule has 9 nitrogen and oxygen atoms in total. The number of benzene rings is 2. The lowest BCUT2D eigenvalue weighted by Crippen LogP contribution is -2.37. The molecule has 0 spiro atoms. The number of fused-ring (bicyclic) bond motifs is 1. The summed E-state index contributed by atoms with van der Waals surface area (Å²) in [6.07, 6.45) is 0.693. The van der Waals surface area contributed by atoms with Crippen LogP contribution in [0.2, 0.25) is 5.02 Å². The maximum Gasteiger partial charge on any atom is 0.332 e. The van der Waals surface area contributed by atoms with Gasteiger partial charge in [0.2, 0.25) is 5.95 Å². The van der Waals surface area contributed by atoms with Crippen molar-refractivity contribution in [3.05, 3.63) is 85.5 Å². The average Bonchev–Trinajstić information content (AvgIpc) is 3.16. The van der Waals surface area contributed by atoms with Crippen molar-refractivity contribution in [3.63, 3.8) is 0 Å². The molecule has 0 aliphatic carbocycles. The molecule has 1 N–H and O–H groups in total. The van der Waals surface area contributed by atoms with Gasteiger partial charge < -0.3 is 9.30 Å². The summed E-state index contributed by atoms with van der Waals surface area (Å²) in [4.78, 5) is 29.1. The minimum absolute atomic E-state index is 0.237. The Hall–Kier alpha value is -3.85. The van der Waals surface area contributed by atoms with Crippen molar-refractivity contribution in [2.75, 3.05) is 12.0 Å². The van der Waals surface area contributed by atoms with E-state index >= 15 is 0 Å². The third-order valence-electron chi connectivity index (χ3n) is 5.52. The minimum atomic E-state index is -0.440. The molecule has 0 unspecified atom stereocenters. The van der Waals surface area contributed by atoms with Gasteiger partial charge in [-0.1, -0.05) is 41.9 Å². The number of nitrogens with one attached hydrogen (secondary N) is 1. The number of hydrogen-bond donors (Lipinski definition) is 1. The Balaban J connectivity index is 1.51. The van der Waals surface area contributed by atoms with Gasteiger partial charge in [-0.15, -0.1) is 0 Å². The van der Waals surface area contributed by atoms with E-state index in [2.05, 4.69) is 27.6 Å². The Kier molecular flexibility index (Phi) is 6.56. The highest BCUT2D eigenvalue weighted by atomic mass is 35.5. The van der Waals surface area contributed by atoms with Gasteiger partial charge >= 0.3 is 5.69 Å². The molecule has 0 fully saturated rings. The summed E-state index contributed by atoms with van der Waals surface area (Å²) < 4.78 is 9.97. The number of rotatable bonds is 7. The van der Waals surface area contributed by atoms with Crippen LogP contribution >= 0.6 is 11.6 Å². The van der Waals surface area contributed by atoms with Gasteiger partial charge in [-0.3, -0.25) is 13.9 Å². The summed E-state index contributed by atoms with van der Waals surface area (Å²) in [5.74, 6) is 1.06. The van der Waals surface area contributed by atoms with Crippen LogP contribution in [0.15, 0.2) is 63.2 Å². The highest BCUT2D eigenvalue weighted by Crippen LogP contribution is 2.25. The molecule has 2 aromatic carbocycles. The lowest BCUT2D eigenvalue weighted by Gasteiger charge is -2.12. The standard InChI is InChI=1S/C24H25ClN6O3/c1-15(14-34-19-11-10-18(25)13-17(19)12-16-8-6-5-7-9-16)27-28-23-26-21-20(29(23)2)22(32)31(4)24(33)30(21)3/h5-11,13H,12,14H2,1-4H3,(H,26,28). The summed E-state index contributed by atoms with van der Waals surface area (Å²) >= 11 is 6.21. The minimum Gasteiger partial charge on any atom is -0.487 e. The largest absolute Gasteiger partial charge is 0.487 e. The van der Waals surface area contributed by atoms with Crippen LogP contribution in [0.25, 0.3) is 11.2 Å². The first-order valence-electron chi connectivity index (χ1n) is 10.6. The quantitative estimate of drug-likeness (QED) is 0.324. The zero-order valence-electron chi connectivity index (χ0n) is 19.4. The SMILES string of the molecule is CC(COc1ccc(Cl)cc1Cc1ccccc1)=NNc1nc2c(c(=O)n(C)c(=O)n2C)n1C. The van der Waals surface area contributed by atoms with Gasteiger partial charge in [0, 0.05) is 32.6 Å². The van der Waals surface area contributed by atoms with Gasteiger partial charge in [0.15, 0.2) is 11.2 Å². The van der Waals surface area contributed by atoms with Crippen LogP contribution in [-0.4, -0.2) is 31.0 Å². The smallest absolute Gasteiger partial charge is 0.332 e. The lowest BCUT2D eigenvalue weighted by molar-refractivity contribution is 0.372. The van der Waals surface area contributed by atoms with Crippen LogP contribution in [0.3, 0.4) is 0 Å². The molecule has 0 saturated carbocycles. The summed E-state index contributed by atoms with van der Waals surface area (Å²) in [5, 5.41) is 4.98. The molecule has 4 aromatic rings. The second-order valence-electron chi connectivity index (χ2n) is 8.03. The van der Waals surface area contributed by atoms with E-state index in [0.29, 0.717) is 28.6 Å². The molecule has 0 aliphatic rings. The van der Waals surface area contributed by atoms with E-state index in [4.69, 9.17) is 16.3 Å². The predicted molar refractivity (Wildman–Crippen MR) is 134 cm³/mol. The molecule has 0 radical (unpaired) electrons. The van der Waals surface area contributed by atoms with Gasteiger partial charge in [0.05, 0.1) is 5.71 Å². The molecule has 10 heteroatoms. The third kappa shape index (κ3) is 4.60. The number of halogens is 1. The molecule has 0 saturated heterocycles. The molecule has 34 heavy (non-hydrogen) atoms. The number of anilines is 1. The highest BCUT2D eigenvalue weighted by molar-refractivity contribution is 6.30. The number of aromatic nitrogens is 4. The Morgan fingerprint density at radius 2 is 1.79 bits per heavy atom. The fraction of sp³-hybridized carbons (Fsp3) is 0.250. The van der Waals surface area contributed by atoms with Crippen molar-refractivity contribution in [2.45, 2.75) is 13.3 Å². The Labute approximate surface area is 200 Å².